The molecule has 0 aromatic carbocycles. The van der Waals surface area contributed by atoms with Crippen molar-refractivity contribution < 1.29 is 23.1 Å². The van der Waals surface area contributed by atoms with Gasteiger partial charge in [0.15, 0.2) is 5.69 Å². The zero-order valence-corrected chi connectivity index (χ0v) is 7.17. The Balaban J connectivity index is 2.99. The molecule has 78 valence electrons. The highest BCUT2D eigenvalue weighted by Crippen LogP contribution is 2.28. The van der Waals surface area contributed by atoms with Gasteiger partial charge in [0.1, 0.15) is 12.4 Å². The average Bonchev–Trinajstić information content (AvgIpc) is 2.30. The molecule has 7 heteroatoms. The van der Waals surface area contributed by atoms with Crippen LogP contribution in [0.3, 0.4) is 0 Å². The first-order valence-electron chi connectivity index (χ1n) is 3.63. The minimum atomic E-state index is -4.53. The molecule has 4 nitrogen and oxygen atoms in total. The molecule has 1 aromatic rings. The van der Waals surface area contributed by atoms with E-state index in [0.29, 0.717) is 6.20 Å². The number of carbonyl (C=O) groups is 1. The number of imidazole rings is 1. The van der Waals surface area contributed by atoms with Gasteiger partial charge in [0.25, 0.3) is 0 Å². The first-order chi connectivity index (χ1) is 6.30. The number of aromatic nitrogens is 2. The van der Waals surface area contributed by atoms with Crippen molar-refractivity contribution in [3.8, 4) is 0 Å². The van der Waals surface area contributed by atoms with Crippen LogP contribution in [0.2, 0.25) is 0 Å². The number of halogens is 3. The molecule has 1 heterocycles. The van der Waals surface area contributed by atoms with Gasteiger partial charge in [-0.25, -0.2) is 4.98 Å². The van der Waals surface area contributed by atoms with Crippen molar-refractivity contribution in [1.82, 2.24) is 9.55 Å². The van der Waals surface area contributed by atoms with Gasteiger partial charge >= 0.3 is 12.1 Å². The minimum Gasteiger partial charge on any atom is -0.480 e. The summed E-state index contributed by atoms with van der Waals surface area (Å²) in [5.41, 5.74) is -1.07. The van der Waals surface area contributed by atoms with E-state index in [9.17, 15) is 18.0 Å². The van der Waals surface area contributed by atoms with E-state index >= 15 is 0 Å². The summed E-state index contributed by atoms with van der Waals surface area (Å²) >= 11 is 0. The quantitative estimate of drug-likeness (QED) is 0.796. The fraction of sp³-hybridized carbons (Fsp3) is 0.429. The number of carboxylic acid groups (broad SMARTS) is 1. The molecule has 14 heavy (non-hydrogen) atoms. The van der Waals surface area contributed by atoms with Gasteiger partial charge in [0, 0.05) is 6.20 Å². The molecule has 0 atom stereocenters. The summed E-state index contributed by atoms with van der Waals surface area (Å²) in [5, 5.41) is 8.37. The van der Waals surface area contributed by atoms with Gasteiger partial charge in [-0.05, 0) is 6.92 Å². The third-order valence-corrected chi connectivity index (χ3v) is 1.57. The van der Waals surface area contributed by atoms with E-state index in [4.69, 9.17) is 5.11 Å². The molecule has 1 aromatic heterocycles. The van der Waals surface area contributed by atoms with E-state index in [-0.39, 0.29) is 5.82 Å². The predicted molar refractivity (Wildman–Crippen MR) is 39.6 cm³/mol. The standard InChI is InChI=1S/C7H7F3N2O2/c1-4-11-5(7(8,9)10)2-12(4)3-6(13)14/h2H,3H2,1H3,(H,13,14). The summed E-state index contributed by atoms with van der Waals surface area (Å²) in [7, 11) is 0. The van der Waals surface area contributed by atoms with Crippen LogP contribution >= 0.6 is 0 Å². The maximum atomic E-state index is 12.1. The van der Waals surface area contributed by atoms with Gasteiger partial charge in [-0.2, -0.15) is 13.2 Å². The second-order valence-corrected chi connectivity index (χ2v) is 2.69. The number of nitrogens with zero attached hydrogens (tertiary/aromatic N) is 2. The number of alkyl halides is 3. The SMILES string of the molecule is Cc1nc(C(F)(F)F)cn1CC(=O)O. The topological polar surface area (TPSA) is 55.1 Å². The summed E-state index contributed by atoms with van der Waals surface area (Å²) in [6.07, 6.45) is -3.85. The Morgan fingerprint density at radius 3 is 2.57 bits per heavy atom. The van der Waals surface area contributed by atoms with E-state index in [1.165, 1.54) is 6.92 Å². The summed E-state index contributed by atoms with van der Waals surface area (Å²) in [4.78, 5) is 13.5. The van der Waals surface area contributed by atoms with Gasteiger partial charge in [-0.15, -0.1) is 0 Å². The Morgan fingerprint density at radius 1 is 1.64 bits per heavy atom. The zero-order valence-electron chi connectivity index (χ0n) is 7.17. The van der Waals surface area contributed by atoms with Crippen LogP contribution in [-0.2, 0) is 17.5 Å². The molecule has 1 rings (SSSR count). The first kappa shape index (κ1) is 10.6. The maximum absolute atomic E-state index is 12.1. The summed E-state index contributed by atoms with van der Waals surface area (Å²) in [6, 6.07) is 0. The number of rotatable bonds is 2. The van der Waals surface area contributed by atoms with Crippen LogP contribution in [-0.4, -0.2) is 20.6 Å². The van der Waals surface area contributed by atoms with Crippen LogP contribution in [0, 0.1) is 6.92 Å². The van der Waals surface area contributed by atoms with E-state index in [1.54, 1.807) is 0 Å². The van der Waals surface area contributed by atoms with Crippen LogP contribution < -0.4 is 0 Å². The molecule has 0 unspecified atom stereocenters. The van der Waals surface area contributed by atoms with Crippen LogP contribution in [0.5, 0.6) is 0 Å². The maximum Gasteiger partial charge on any atom is 0.434 e. The van der Waals surface area contributed by atoms with Crippen LogP contribution in [0.1, 0.15) is 11.5 Å². The molecule has 0 bridgehead atoms. The molecule has 0 fully saturated rings. The lowest BCUT2D eigenvalue weighted by molar-refractivity contribution is -0.141. The molecule has 0 spiro atoms. The highest BCUT2D eigenvalue weighted by Gasteiger charge is 2.34. The van der Waals surface area contributed by atoms with Crippen molar-refractivity contribution in [2.45, 2.75) is 19.6 Å². The number of carboxylic acids is 1. The molecule has 0 radical (unpaired) electrons. The molecular weight excluding hydrogens is 201 g/mol. The Hall–Kier alpha value is -1.53. The average molecular weight is 208 g/mol. The summed E-state index contributed by atoms with van der Waals surface area (Å²) < 4.78 is 37.2. The predicted octanol–water partition coefficient (Wildman–Crippen LogP) is 1.29. The lowest BCUT2D eigenvalue weighted by Crippen LogP contribution is -2.09. The van der Waals surface area contributed by atoms with Crippen molar-refractivity contribution in [2.24, 2.45) is 0 Å². The fourth-order valence-corrected chi connectivity index (χ4v) is 0.951. The molecule has 0 aliphatic carbocycles. The summed E-state index contributed by atoms with van der Waals surface area (Å²) in [6.45, 7) is 0.799. The molecule has 0 aliphatic rings. The first-order valence-corrected chi connectivity index (χ1v) is 3.63. The van der Waals surface area contributed by atoms with Crippen molar-refractivity contribution in [3.63, 3.8) is 0 Å². The van der Waals surface area contributed by atoms with Crippen molar-refractivity contribution in [1.29, 1.82) is 0 Å². The van der Waals surface area contributed by atoms with E-state index in [1.807, 2.05) is 0 Å². The molecular formula is C7H7F3N2O2. The third kappa shape index (κ3) is 2.24. The lowest BCUT2D eigenvalue weighted by Gasteiger charge is -1.99. The normalized spacial score (nSPS) is 11.7. The molecule has 1 N–H and O–H groups in total. The van der Waals surface area contributed by atoms with Gasteiger partial charge in [0.05, 0.1) is 0 Å². The van der Waals surface area contributed by atoms with Gasteiger partial charge in [-0.3, -0.25) is 4.79 Å². The van der Waals surface area contributed by atoms with Gasteiger partial charge in [-0.1, -0.05) is 0 Å². The Morgan fingerprint density at radius 2 is 2.21 bits per heavy atom. The van der Waals surface area contributed by atoms with E-state index in [0.717, 1.165) is 4.57 Å². The molecule has 0 amide bonds. The Bertz CT molecular complexity index is 356. The number of hydrogen-bond acceptors (Lipinski definition) is 2. The highest BCUT2D eigenvalue weighted by atomic mass is 19.4. The largest absolute Gasteiger partial charge is 0.480 e. The van der Waals surface area contributed by atoms with E-state index < -0.39 is 24.4 Å². The van der Waals surface area contributed by atoms with Crippen LogP contribution in [0.25, 0.3) is 0 Å². The van der Waals surface area contributed by atoms with Crippen molar-refractivity contribution >= 4 is 5.97 Å². The molecule has 0 saturated carbocycles. The summed E-state index contributed by atoms with van der Waals surface area (Å²) in [5.74, 6) is -1.18. The van der Waals surface area contributed by atoms with Crippen LogP contribution in [0.4, 0.5) is 13.2 Å². The fourth-order valence-electron chi connectivity index (χ4n) is 0.951. The van der Waals surface area contributed by atoms with Crippen molar-refractivity contribution in [3.05, 3.63) is 17.7 Å². The lowest BCUT2D eigenvalue weighted by atomic mass is 10.5. The number of hydrogen-bond donors (Lipinski definition) is 1. The third-order valence-electron chi connectivity index (χ3n) is 1.57. The molecule has 0 saturated heterocycles. The number of aryl methyl sites for hydroxylation is 1. The molecule has 0 aliphatic heterocycles. The van der Waals surface area contributed by atoms with E-state index in [2.05, 4.69) is 4.98 Å². The Kier molecular flexibility index (Phi) is 2.50. The minimum absolute atomic E-state index is 0.0275. The zero-order chi connectivity index (χ0) is 10.9. The highest BCUT2D eigenvalue weighted by molar-refractivity contribution is 5.66. The second-order valence-electron chi connectivity index (χ2n) is 2.69. The van der Waals surface area contributed by atoms with Gasteiger partial charge in [0.2, 0.25) is 0 Å². The smallest absolute Gasteiger partial charge is 0.434 e. The van der Waals surface area contributed by atoms with Crippen LogP contribution in [0.15, 0.2) is 6.20 Å². The Labute approximate surface area is 77.0 Å². The van der Waals surface area contributed by atoms with Crippen molar-refractivity contribution in [2.75, 3.05) is 0 Å². The van der Waals surface area contributed by atoms with Gasteiger partial charge < -0.3 is 9.67 Å². The monoisotopic (exact) mass is 208 g/mol. The number of aliphatic carboxylic acids is 1. The second kappa shape index (κ2) is 3.32.